The molecule has 2 aromatic carbocycles. The molecule has 0 aliphatic heterocycles. The minimum absolute atomic E-state index is 0.535. The third-order valence-corrected chi connectivity index (χ3v) is 2.88. The zero-order valence-corrected chi connectivity index (χ0v) is 10.2. The standard InChI is InChI=1S/C15H17NO/c1-11-7-8-12(10-16)14(9-11)13-5-3-4-6-15(13)17-2/h3-9H,10,16H2,1-2H3. The highest BCUT2D eigenvalue weighted by molar-refractivity contribution is 5.74. The average Bonchev–Trinajstić information content (AvgIpc) is 2.38. The maximum atomic E-state index is 5.79. The van der Waals surface area contributed by atoms with Crippen molar-refractivity contribution in [3.05, 3.63) is 53.6 Å². The lowest BCUT2D eigenvalue weighted by molar-refractivity contribution is 0.416. The fourth-order valence-electron chi connectivity index (χ4n) is 1.99. The van der Waals surface area contributed by atoms with E-state index >= 15 is 0 Å². The van der Waals surface area contributed by atoms with E-state index < -0.39 is 0 Å². The summed E-state index contributed by atoms with van der Waals surface area (Å²) in [4.78, 5) is 0. The van der Waals surface area contributed by atoms with Crippen molar-refractivity contribution >= 4 is 0 Å². The molecule has 0 aromatic heterocycles. The third-order valence-electron chi connectivity index (χ3n) is 2.88. The van der Waals surface area contributed by atoms with E-state index in [2.05, 4.69) is 31.2 Å². The summed E-state index contributed by atoms with van der Waals surface area (Å²) in [5.41, 5.74) is 10.4. The Kier molecular flexibility index (Phi) is 3.45. The quantitative estimate of drug-likeness (QED) is 0.874. The SMILES string of the molecule is COc1ccccc1-c1cc(C)ccc1CN. The summed E-state index contributed by atoms with van der Waals surface area (Å²) in [6.07, 6.45) is 0. The van der Waals surface area contributed by atoms with Gasteiger partial charge in [-0.05, 0) is 24.1 Å². The maximum Gasteiger partial charge on any atom is 0.126 e. The lowest BCUT2D eigenvalue weighted by atomic mass is 9.97. The van der Waals surface area contributed by atoms with Gasteiger partial charge in [0.05, 0.1) is 7.11 Å². The highest BCUT2D eigenvalue weighted by Crippen LogP contribution is 2.32. The van der Waals surface area contributed by atoms with Crippen molar-refractivity contribution in [2.45, 2.75) is 13.5 Å². The summed E-state index contributed by atoms with van der Waals surface area (Å²) < 4.78 is 5.40. The normalized spacial score (nSPS) is 10.3. The summed E-state index contributed by atoms with van der Waals surface area (Å²) in [6, 6.07) is 14.3. The number of aryl methyl sites for hydroxylation is 1. The van der Waals surface area contributed by atoms with E-state index in [0.29, 0.717) is 6.54 Å². The minimum Gasteiger partial charge on any atom is -0.496 e. The Morgan fingerprint density at radius 1 is 1.06 bits per heavy atom. The molecule has 0 atom stereocenters. The van der Waals surface area contributed by atoms with Crippen LogP contribution in [0.25, 0.3) is 11.1 Å². The first-order chi connectivity index (χ1) is 8.26. The molecule has 0 unspecified atom stereocenters. The first-order valence-corrected chi connectivity index (χ1v) is 5.69. The van der Waals surface area contributed by atoms with Gasteiger partial charge in [0, 0.05) is 12.1 Å². The van der Waals surface area contributed by atoms with E-state index in [1.54, 1.807) is 7.11 Å². The first-order valence-electron chi connectivity index (χ1n) is 5.69. The van der Waals surface area contributed by atoms with E-state index in [9.17, 15) is 0 Å². The van der Waals surface area contributed by atoms with Crippen LogP contribution < -0.4 is 10.5 Å². The highest BCUT2D eigenvalue weighted by atomic mass is 16.5. The second-order valence-corrected chi connectivity index (χ2v) is 4.07. The number of benzene rings is 2. The number of hydrogen-bond donors (Lipinski definition) is 1. The van der Waals surface area contributed by atoms with Crippen LogP contribution in [0.4, 0.5) is 0 Å². The van der Waals surface area contributed by atoms with E-state index in [1.807, 2.05) is 18.2 Å². The molecule has 0 bridgehead atoms. The van der Waals surface area contributed by atoms with Crippen LogP contribution in [0.1, 0.15) is 11.1 Å². The number of ether oxygens (including phenoxy) is 1. The lowest BCUT2D eigenvalue weighted by Crippen LogP contribution is -2.00. The molecule has 17 heavy (non-hydrogen) atoms. The van der Waals surface area contributed by atoms with E-state index in [4.69, 9.17) is 10.5 Å². The van der Waals surface area contributed by atoms with Gasteiger partial charge in [-0.15, -0.1) is 0 Å². The zero-order valence-electron chi connectivity index (χ0n) is 10.2. The fourth-order valence-corrected chi connectivity index (χ4v) is 1.99. The molecule has 2 heteroatoms. The van der Waals surface area contributed by atoms with Crippen LogP contribution in [-0.4, -0.2) is 7.11 Å². The van der Waals surface area contributed by atoms with Gasteiger partial charge in [0.1, 0.15) is 5.75 Å². The van der Waals surface area contributed by atoms with Gasteiger partial charge < -0.3 is 10.5 Å². The van der Waals surface area contributed by atoms with Gasteiger partial charge in [0.2, 0.25) is 0 Å². The van der Waals surface area contributed by atoms with Gasteiger partial charge in [-0.2, -0.15) is 0 Å². The van der Waals surface area contributed by atoms with Crippen LogP contribution >= 0.6 is 0 Å². The second-order valence-electron chi connectivity index (χ2n) is 4.07. The number of methoxy groups -OCH3 is 1. The molecular weight excluding hydrogens is 210 g/mol. The Bertz CT molecular complexity index is 520. The molecular formula is C15H17NO. The molecule has 0 spiro atoms. The van der Waals surface area contributed by atoms with Gasteiger partial charge in [-0.1, -0.05) is 42.0 Å². The first kappa shape index (κ1) is 11.7. The van der Waals surface area contributed by atoms with Gasteiger partial charge in [0.25, 0.3) is 0 Å². The number of rotatable bonds is 3. The number of hydrogen-bond acceptors (Lipinski definition) is 2. The Hall–Kier alpha value is -1.80. The molecule has 0 radical (unpaired) electrons. The van der Waals surface area contributed by atoms with Gasteiger partial charge >= 0.3 is 0 Å². The highest BCUT2D eigenvalue weighted by Gasteiger charge is 2.08. The molecule has 0 saturated heterocycles. The van der Waals surface area contributed by atoms with Crippen molar-refractivity contribution in [3.63, 3.8) is 0 Å². The molecule has 2 N–H and O–H groups in total. The molecule has 88 valence electrons. The van der Waals surface area contributed by atoms with E-state index in [1.165, 1.54) is 5.56 Å². The summed E-state index contributed by atoms with van der Waals surface area (Å²) in [5.74, 6) is 0.882. The predicted octanol–water partition coefficient (Wildman–Crippen LogP) is 3.13. The van der Waals surface area contributed by atoms with Crippen LogP contribution in [0, 0.1) is 6.92 Å². The number of nitrogens with two attached hydrogens (primary N) is 1. The smallest absolute Gasteiger partial charge is 0.126 e. The summed E-state index contributed by atoms with van der Waals surface area (Å²) in [6.45, 7) is 2.62. The molecule has 0 fully saturated rings. The van der Waals surface area contributed by atoms with Crippen LogP contribution in [0.5, 0.6) is 5.75 Å². The second kappa shape index (κ2) is 5.02. The predicted molar refractivity (Wildman–Crippen MR) is 71.1 cm³/mol. The van der Waals surface area contributed by atoms with Crippen molar-refractivity contribution in [2.75, 3.05) is 7.11 Å². The summed E-state index contributed by atoms with van der Waals surface area (Å²) in [7, 11) is 1.69. The molecule has 2 aromatic rings. The van der Waals surface area contributed by atoms with Crippen molar-refractivity contribution in [3.8, 4) is 16.9 Å². The Balaban J connectivity index is 2.62. The van der Waals surface area contributed by atoms with Gasteiger partial charge in [-0.25, -0.2) is 0 Å². The Morgan fingerprint density at radius 2 is 1.82 bits per heavy atom. The molecule has 0 aliphatic carbocycles. The van der Waals surface area contributed by atoms with Crippen molar-refractivity contribution < 1.29 is 4.74 Å². The van der Waals surface area contributed by atoms with Crippen LogP contribution in [0.15, 0.2) is 42.5 Å². The average molecular weight is 227 g/mol. The fraction of sp³-hybridized carbons (Fsp3) is 0.200. The zero-order chi connectivity index (χ0) is 12.3. The third kappa shape index (κ3) is 2.32. The van der Waals surface area contributed by atoms with E-state index in [-0.39, 0.29) is 0 Å². The molecule has 2 nitrogen and oxygen atoms in total. The summed E-state index contributed by atoms with van der Waals surface area (Å²) in [5, 5.41) is 0. The monoisotopic (exact) mass is 227 g/mol. The largest absolute Gasteiger partial charge is 0.496 e. The van der Waals surface area contributed by atoms with Crippen LogP contribution in [0.2, 0.25) is 0 Å². The maximum absolute atomic E-state index is 5.79. The van der Waals surface area contributed by atoms with Crippen LogP contribution in [-0.2, 0) is 6.54 Å². The molecule has 0 amide bonds. The molecule has 0 heterocycles. The lowest BCUT2D eigenvalue weighted by Gasteiger charge is -2.12. The summed E-state index contributed by atoms with van der Waals surface area (Å²) >= 11 is 0. The van der Waals surface area contributed by atoms with Gasteiger partial charge in [-0.3, -0.25) is 0 Å². The number of para-hydroxylation sites is 1. The Morgan fingerprint density at radius 3 is 2.53 bits per heavy atom. The Labute approximate surface area is 102 Å². The van der Waals surface area contributed by atoms with E-state index in [0.717, 1.165) is 22.4 Å². The molecule has 2 rings (SSSR count). The van der Waals surface area contributed by atoms with Crippen molar-refractivity contribution in [1.29, 1.82) is 0 Å². The van der Waals surface area contributed by atoms with Crippen molar-refractivity contribution in [1.82, 2.24) is 0 Å². The molecule has 0 saturated carbocycles. The minimum atomic E-state index is 0.535. The van der Waals surface area contributed by atoms with Crippen LogP contribution in [0.3, 0.4) is 0 Å². The molecule has 0 aliphatic rings. The van der Waals surface area contributed by atoms with Gasteiger partial charge in [0.15, 0.2) is 0 Å². The van der Waals surface area contributed by atoms with Crippen molar-refractivity contribution in [2.24, 2.45) is 5.73 Å². The topological polar surface area (TPSA) is 35.2 Å².